The first-order chi connectivity index (χ1) is 12.5. The zero-order valence-corrected chi connectivity index (χ0v) is 15.2. The van der Waals surface area contributed by atoms with Gasteiger partial charge in [0.15, 0.2) is 0 Å². The Morgan fingerprint density at radius 3 is 2.54 bits per heavy atom. The van der Waals surface area contributed by atoms with Gasteiger partial charge in [-0.15, -0.1) is 0 Å². The average molecular weight is 354 g/mol. The minimum absolute atomic E-state index is 0.0455. The van der Waals surface area contributed by atoms with Crippen LogP contribution < -0.4 is 10.2 Å². The molecule has 1 heterocycles. The van der Waals surface area contributed by atoms with Gasteiger partial charge in [0.2, 0.25) is 5.95 Å². The molecule has 0 saturated carbocycles. The smallest absolute Gasteiger partial charge is 0.337 e. The minimum Gasteiger partial charge on any atom is -0.465 e. The van der Waals surface area contributed by atoms with Gasteiger partial charge in [0.25, 0.3) is 5.91 Å². The van der Waals surface area contributed by atoms with E-state index in [1.165, 1.54) is 7.11 Å². The number of carbonyl (C=O) groups excluding carboxylic acids is 2. The summed E-state index contributed by atoms with van der Waals surface area (Å²) >= 11 is 0. The van der Waals surface area contributed by atoms with Crippen molar-refractivity contribution in [3.05, 3.63) is 52.8 Å². The molecule has 1 aromatic heterocycles. The number of aryl methyl sites for hydroxylation is 1. The number of esters is 1. The van der Waals surface area contributed by atoms with Gasteiger partial charge in [-0.2, -0.15) is 0 Å². The summed E-state index contributed by atoms with van der Waals surface area (Å²) in [5.74, 6) is 0.135. The number of amides is 1. The van der Waals surface area contributed by atoms with Crippen LogP contribution in [0.25, 0.3) is 0 Å². The number of nitrogens with one attached hydrogen (secondary N) is 1. The van der Waals surface area contributed by atoms with E-state index in [-0.39, 0.29) is 11.9 Å². The first-order valence-electron chi connectivity index (χ1n) is 8.49. The number of anilines is 1. The summed E-state index contributed by atoms with van der Waals surface area (Å²) < 4.78 is 4.66. The van der Waals surface area contributed by atoms with Crippen molar-refractivity contribution in [3.8, 4) is 0 Å². The van der Waals surface area contributed by atoms with Crippen LogP contribution in [0.15, 0.2) is 30.5 Å². The van der Waals surface area contributed by atoms with E-state index >= 15 is 0 Å². The van der Waals surface area contributed by atoms with Gasteiger partial charge in [-0.25, -0.2) is 14.8 Å². The van der Waals surface area contributed by atoms with Crippen molar-refractivity contribution >= 4 is 17.8 Å². The van der Waals surface area contributed by atoms with Gasteiger partial charge in [-0.1, -0.05) is 0 Å². The Morgan fingerprint density at radius 1 is 1.19 bits per heavy atom. The summed E-state index contributed by atoms with van der Waals surface area (Å²) in [7, 11) is 5.16. The number of ether oxygens (including phenoxy) is 1. The molecule has 1 amide bonds. The summed E-state index contributed by atoms with van der Waals surface area (Å²) in [6, 6.07) is 6.49. The van der Waals surface area contributed by atoms with E-state index in [0.717, 1.165) is 30.5 Å². The molecule has 0 fully saturated rings. The van der Waals surface area contributed by atoms with Crippen molar-refractivity contribution in [2.75, 3.05) is 26.1 Å². The molecule has 7 nitrogen and oxygen atoms in total. The largest absolute Gasteiger partial charge is 0.465 e. The number of aromatic nitrogens is 2. The summed E-state index contributed by atoms with van der Waals surface area (Å²) in [4.78, 5) is 34.7. The number of rotatable bonds is 4. The molecule has 0 bridgehead atoms. The van der Waals surface area contributed by atoms with Crippen LogP contribution >= 0.6 is 0 Å². The SMILES string of the molecule is COC(=O)c1ccc(C(=O)N[C@@H]2CCc3nc(N(C)C)ncc3C2)cc1. The van der Waals surface area contributed by atoms with Crippen LogP contribution in [0.1, 0.15) is 38.4 Å². The minimum atomic E-state index is -0.419. The van der Waals surface area contributed by atoms with E-state index in [4.69, 9.17) is 0 Å². The fourth-order valence-electron chi connectivity index (χ4n) is 2.98. The van der Waals surface area contributed by atoms with Crippen LogP contribution in [0.3, 0.4) is 0 Å². The van der Waals surface area contributed by atoms with Gasteiger partial charge in [0.05, 0.1) is 12.7 Å². The maximum Gasteiger partial charge on any atom is 0.337 e. The number of carbonyl (C=O) groups is 2. The lowest BCUT2D eigenvalue weighted by molar-refractivity contribution is 0.0600. The number of methoxy groups -OCH3 is 1. The second-order valence-corrected chi connectivity index (χ2v) is 6.52. The molecule has 2 aromatic rings. The van der Waals surface area contributed by atoms with E-state index in [9.17, 15) is 9.59 Å². The van der Waals surface area contributed by atoms with Gasteiger partial charge in [0, 0.05) is 37.6 Å². The molecular formula is C19H22N4O3. The van der Waals surface area contributed by atoms with E-state index in [1.54, 1.807) is 24.3 Å². The molecule has 0 spiro atoms. The van der Waals surface area contributed by atoms with Gasteiger partial charge >= 0.3 is 5.97 Å². The second-order valence-electron chi connectivity index (χ2n) is 6.52. The normalized spacial score (nSPS) is 15.7. The molecule has 0 radical (unpaired) electrons. The topological polar surface area (TPSA) is 84.4 Å². The molecule has 136 valence electrons. The third kappa shape index (κ3) is 3.82. The highest BCUT2D eigenvalue weighted by Crippen LogP contribution is 2.21. The first kappa shape index (κ1) is 17.8. The molecule has 1 atom stereocenters. The zero-order valence-electron chi connectivity index (χ0n) is 15.2. The van der Waals surface area contributed by atoms with Gasteiger partial charge in [-0.3, -0.25) is 4.79 Å². The van der Waals surface area contributed by atoms with Crippen molar-refractivity contribution in [2.45, 2.75) is 25.3 Å². The number of hydrogen-bond acceptors (Lipinski definition) is 6. The summed E-state index contributed by atoms with van der Waals surface area (Å²) in [5.41, 5.74) is 3.07. The Kier molecular flexibility index (Phi) is 5.16. The molecular weight excluding hydrogens is 332 g/mol. The highest BCUT2D eigenvalue weighted by molar-refractivity contribution is 5.96. The summed E-state index contributed by atoms with van der Waals surface area (Å²) in [5, 5.41) is 3.06. The maximum absolute atomic E-state index is 12.5. The van der Waals surface area contributed by atoms with E-state index in [0.29, 0.717) is 17.1 Å². The van der Waals surface area contributed by atoms with Crippen LogP contribution in [0.4, 0.5) is 5.95 Å². The van der Waals surface area contributed by atoms with Gasteiger partial charge < -0.3 is 15.0 Å². The third-order valence-corrected chi connectivity index (χ3v) is 4.44. The van der Waals surface area contributed by atoms with Crippen molar-refractivity contribution < 1.29 is 14.3 Å². The van der Waals surface area contributed by atoms with Gasteiger partial charge in [0.1, 0.15) is 0 Å². The molecule has 7 heteroatoms. The molecule has 0 saturated heterocycles. The molecule has 0 aliphatic heterocycles. The second kappa shape index (κ2) is 7.51. The summed E-state index contributed by atoms with van der Waals surface area (Å²) in [6.45, 7) is 0. The molecule has 0 unspecified atom stereocenters. The quantitative estimate of drug-likeness (QED) is 0.840. The van der Waals surface area contributed by atoms with Gasteiger partial charge in [-0.05, 0) is 49.1 Å². The third-order valence-electron chi connectivity index (χ3n) is 4.44. The Balaban J connectivity index is 1.64. The number of hydrogen-bond donors (Lipinski definition) is 1. The maximum atomic E-state index is 12.5. The van der Waals surface area contributed by atoms with Crippen LogP contribution in [-0.2, 0) is 17.6 Å². The molecule has 1 aliphatic rings. The number of fused-ring (bicyclic) bond motifs is 1. The predicted molar refractivity (Wildman–Crippen MR) is 97.4 cm³/mol. The molecule has 1 aliphatic carbocycles. The Hall–Kier alpha value is -2.96. The van der Waals surface area contributed by atoms with Crippen LogP contribution in [0.2, 0.25) is 0 Å². The van der Waals surface area contributed by atoms with E-state index in [2.05, 4.69) is 20.0 Å². The van der Waals surface area contributed by atoms with Crippen LogP contribution in [0, 0.1) is 0 Å². The van der Waals surface area contributed by atoms with Crippen molar-refractivity contribution in [1.82, 2.24) is 15.3 Å². The molecule has 3 rings (SSSR count). The first-order valence-corrected chi connectivity index (χ1v) is 8.49. The van der Waals surface area contributed by atoms with E-state index < -0.39 is 5.97 Å². The van der Waals surface area contributed by atoms with Crippen molar-refractivity contribution in [1.29, 1.82) is 0 Å². The lowest BCUT2D eigenvalue weighted by Crippen LogP contribution is -2.39. The average Bonchev–Trinajstić information content (AvgIpc) is 2.66. The zero-order chi connectivity index (χ0) is 18.7. The summed E-state index contributed by atoms with van der Waals surface area (Å²) in [6.07, 6.45) is 4.21. The lowest BCUT2D eigenvalue weighted by Gasteiger charge is -2.25. The predicted octanol–water partition coefficient (Wildman–Crippen LogP) is 1.62. The lowest BCUT2D eigenvalue weighted by atomic mass is 9.92. The number of benzene rings is 1. The van der Waals surface area contributed by atoms with Crippen LogP contribution in [0.5, 0.6) is 0 Å². The molecule has 1 N–H and O–H groups in total. The van der Waals surface area contributed by atoms with Crippen molar-refractivity contribution in [2.24, 2.45) is 0 Å². The highest BCUT2D eigenvalue weighted by atomic mass is 16.5. The van der Waals surface area contributed by atoms with Crippen LogP contribution in [-0.4, -0.2) is 49.1 Å². The van der Waals surface area contributed by atoms with Crippen molar-refractivity contribution in [3.63, 3.8) is 0 Å². The standard InChI is InChI=1S/C19H22N4O3/c1-23(2)19-20-11-14-10-15(8-9-16(14)22-19)21-17(24)12-4-6-13(7-5-12)18(25)26-3/h4-7,11,15H,8-10H2,1-3H3,(H,21,24)/t15-/m1/s1. The Bertz CT molecular complexity index is 818. The number of nitrogens with zero attached hydrogens (tertiary/aromatic N) is 3. The van der Waals surface area contributed by atoms with E-state index in [1.807, 2.05) is 25.2 Å². The molecule has 26 heavy (non-hydrogen) atoms. The Morgan fingerprint density at radius 2 is 1.88 bits per heavy atom. The fourth-order valence-corrected chi connectivity index (χ4v) is 2.98. The highest BCUT2D eigenvalue weighted by Gasteiger charge is 2.22. The Labute approximate surface area is 152 Å². The fraction of sp³-hybridized carbons (Fsp3) is 0.368. The monoisotopic (exact) mass is 354 g/mol. The molecule has 1 aromatic carbocycles.